The van der Waals surface area contributed by atoms with Gasteiger partial charge in [0, 0.05) is 11.6 Å². The van der Waals surface area contributed by atoms with E-state index in [1.807, 2.05) is 36.4 Å². The standard InChI is InChI=1S/C20H19BrClN3O2/c21-16-11-23-25-18(22)10-17(24-19(16)25)14-7-4-8-15(9-14)20(26)27-12-13-5-2-1-3-6-13/h1-3,5-6,10-11,14-15H,4,7-9,12H2. The number of hydrogen-bond donors (Lipinski definition) is 0. The van der Waals surface area contributed by atoms with Crippen molar-refractivity contribution >= 4 is 39.1 Å². The summed E-state index contributed by atoms with van der Waals surface area (Å²) in [6.45, 7) is 0.319. The van der Waals surface area contributed by atoms with Crippen LogP contribution < -0.4 is 0 Å². The lowest BCUT2D eigenvalue weighted by atomic mass is 9.80. The minimum Gasteiger partial charge on any atom is -0.461 e. The van der Waals surface area contributed by atoms with E-state index in [0.717, 1.165) is 41.4 Å². The molecule has 3 aromatic rings. The van der Waals surface area contributed by atoms with E-state index in [1.165, 1.54) is 0 Å². The van der Waals surface area contributed by atoms with Crippen LogP contribution in [-0.2, 0) is 16.1 Å². The molecule has 5 nitrogen and oxygen atoms in total. The highest BCUT2D eigenvalue weighted by atomic mass is 79.9. The normalized spacial score (nSPS) is 19.9. The molecule has 7 heteroatoms. The fraction of sp³-hybridized carbons (Fsp3) is 0.350. The first-order valence-corrected chi connectivity index (χ1v) is 10.2. The van der Waals surface area contributed by atoms with Gasteiger partial charge in [-0.05, 0) is 46.8 Å². The zero-order valence-electron chi connectivity index (χ0n) is 14.6. The lowest BCUT2D eigenvalue weighted by Crippen LogP contribution is -2.24. The number of carbonyl (C=O) groups excluding carboxylic acids is 1. The molecule has 0 saturated heterocycles. The lowest BCUT2D eigenvalue weighted by Gasteiger charge is -2.27. The van der Waals surface area contributed by atoms with Gasteiger partial charge in [0.1, 0.15) is 11.8 Å². The predicted octanol–water partition coefficient (Wildman–Crippen LogP) is 5.16. The minimum atomic E-state index is -0.124. The van der Waals surface area contributed by atoms with Gasteiger partial charge in [0.05, 0.1) is 16.6 Å². The quantitative estimate of drug-likeness (QED) is 0.408. The van der Waals surface area contributed by atoms with Crippen LogP contribution in [-0.4, -0.2) is 20.6 Å². The third-order valence-corrected chi connectivity index (χ3v) is 5.88. The number of halogens is 2. The fourth-order valence-corrected chi connectivity index (χ4v) is 4.23. The summed E-state index contributed by atoms with van der Waals surface area (Å²) in [5.74, 6) is -0.0313. The van der Waals surface area contributed by atoms with Crippen LogP contribution in [0.25, 0.3) is 5.65 Å². The first-order chi connectivity index (χ1) is 13.1. The number of aromatic nitrogens is 3. The van der Waals surface area contributed by atoms with Crippen molar-refractivity contribution in [2.75, 3.05) is 0 Å². The van der Waals surface area contributed by atoms with E-state index in [-0.39, 0.29) is 17.8 Å². The largest absolute Gasteiger partial charge is 0.461 e. The van der Waals surface area contributed by atoms with Gasteiger partial charge in [-0.2, -0.15) is 5.10 Å². The Labute approximate surface area is 170 Å². The number of ether oxygens (including phenoxy) is 1. The molecular formula is C20H19BrClN3O2. The first kappa shape index (κ1) is 18.4. The highest BCUT2D eigenvalue weighted by molar-refractivity contribution is 9.10. The predicted molar refractivity (Wildman–Crippen MR) is 107 cm³/mol. The molecule has 4 rings (SSSR count). The molecule has 0 radical (unpaired) electrons. The summed E-state index contributed by atoms with van der Waals surface area (Å²) >= 11 is 9.82. The molecule has 1 saturated carbocycles. The van der Waals surface area contributed by atoms with E-state index < -0.39 is 0 Å². The lowest BCUT2D eigenvalue weighted by molar-refractivity contribution is -0.151. The van der Waals surface area contributed by atoms with Crippen LogP contribution >= 0.6 is 27.5 Å². The number of hydrogen-bond acceptors (Lipinski definition) is 4. The second-order valence-electron chi connectivity index (χ2n) is 6.89. The van der Waals surface area contributed by atoms with Gasteiger partial charge in [-0.3, -0.25) is 4.79 Å². The number of rotatable bonds is 4. The number of benzene rings is 1. The van der Waals surface area contributed by atoms with E-state index >= 15 is 0 Å². The van der Waals surface area contributed by atoms with Crippen molar-refractivity contribution in [3.05, 3.63) is 63.5 Å². The van der Waals surface area contributed by atoms with Crippen LogP contribution in [0.15, 0.2) is 47.1 Å². The van der Waals surface area contributed by atoms with Gasteiger partial charge in [0.25, 0.3) is 0 Å². The summed E-state index contributed by atoms with van der Waals surface area (Å²) in [7, 11) is 0. The molecule has 0 aliphatic heterocycles. The Bertz CT molecular complexity index is 961. The molecule has 0 spiro atoms. The van der Waals surface area contributed by atoms with E-state index in [9.17, 15) is 4.79 Å². The molecule has 2 atom stereocenters. The van der Waals surface area contributed by atoms with Gasteiger partial charge >= 0.3 is 5.97 Å². The van der Waals surface area contributed by atoms with Crippen LogP contribution in [0.3, 0.4) is 0 Å². The summed E-state index contributed by atoms with van der Waals surface area (Å²) in [6, 6.07) is 11.6. The SMILES string of the molecule is O=C(OCc1ccccc1)C1CCCC(c2cc(Cl)n3ncc(Br)c3n2)C1. The second-order valence-corrected chi connectivity index (χ2v) is 8.13. The summed E-state index contributed by atoms with van der Waals surface area (Å²) in [5.41, 5.74) is 2.61. The zero-order chi connectivity index (χ0) is 18.8. The molecule has 1 fully saturated rings. The van der Waals surface area contributed by atoms with Crippen LogP contribution in [0.4, 0.5) is 0 Å². The van der Waals surface area contributed by atoms with Crippen LogP contribution in [0.1, 0.15) is 42.9 Å². The van der Waals surface area contributed by atoms with Crippen LogP contribution in [0.2, 0.25) is 5.15 Å². The average Bonchev–Trinajstić information content (AvgIpc) is 3.08. The number of esters is 1. The molecule has 2 unspecified atom stereocenters. The van der Waals surface area contributed by atoms with Crippen molar-refractivity contribution in [1.29, 1.82) is 0 Å². The molecule has 0 amide bonds. The Kier molecular flexibility index (Phi) is 5.45. The highest BCUT2D eigenvalue weighted by Gasteiger charge is 2.30. The molecule has 140 valence electrons. The van der Waals surface area contributed by atoms with Crippen molar-refractivity contribution in [3.8, 4) is 0 Å². The van der Waals surface area contributed by atoms with E-state index in [4.69, 9.17) is 21.3 Å². The van der Waals surface area contributed by atoms with Gasteiger partial charge in [0.2, 0.25) is 0 Å². The Morgan fingerprint density at radius 2 is 2.11 bits per heavy atom. The number of nitrogens with zero attached hydrogens (tertiary/aromatic N) is 3. The zero-order valence-corrected chi connectivity index (χ0v) is 17.0. The van der Waals surface area contributed by atoms with Gasteiger partial charge in [-0.25, -0.2) is 9.50 Å². The third kappa shape index (κ3) is 4.01. The summed E-state index contributed by atoms with van der Waals surface area (Å²) in [4.78, 5) is 17.3. The van der Waals surface area contributed by atoms with Crippen LogP contribution in [0, 0.1) is 5.92 Å². The Balaban J connectivity index is 1.46. The van der Waals surface area contributed by atoms with Gasteiger partial charge < -0.3 is 4.74 Å². The van der Waals surface area contributed by atoms with E-state index in [2.05, 4.69) is 21.0 Å². The minimum absolute atomic E-state index is 0.0994. The second kappa shape index (κ2) is 7.98. The topological polar surface area (TPSA) is 56.5 Å². The molecule has 0 bridgehead atoms. The molecule has 1 aromatic carbocycles. The van der Waals surface area contributed by atoms with Crippen molar-refractivity contribution in [2.45, 2.75) is 38.2 Å². The maximum Gasteiger partial charge on any atom is 0.309 e. The fourth-order valence-electron chi connectivity index (χ4n) is 3.65. The molecule has 27 heavy (non-hydrogen) atoms. The summed E-state index contributed by atoms with van der Waals surface area (Å²) < 4.78 is 7.95. The molecule has 0 N–H and O–H groups in total. The third-order valence-electron chi connectivity index (χ3n) is 5.05. The van der Waals surface area contributed by atoms with E-state index in [0.29, 0.717) is 17.4 Å². The monoisotopic (exact) mass is 447 g/mol. The Morgan fingerprint density at radius 3 is 2.93 bits per heavy atom. The number of carbonyl (C=O) groups is 1. The number of fused-ring (bicyclic) bond motifs is 1. The first-order valence-electron chi connectivity index (χ1n) is 9.02. The smallest absolute Gasteiger partial charge is 0.309 e. The van der Waals surface area contributed by atoms with Crippen LogP contribution in [0.5, 0.6) is 0 Å². The van der Waals surface area contributed by atoms with Gasteiger partial charge in [-0.1, -0.05) is 48.4 Å². The molecule has 2 aromatic heterocycles. The Hall–Kier alpha value is -1.92. The van der Waals surface area contributed by atoms with E-state index in [1.54, 1.807) is 10.7 Å². The van der Waals surface area contributed by atoms with Crippen molar-refractivity contribution in [2.24, 2.45) is 5.92 Å². The van der Waals surface area contributed by atoms with Crippen molar-refractivity contribution in [3.63, 3.8) is 0 Å². The maximum atomic E-state index is 12.6. The average molecular weight is 449 g/mol. The molecule has 2 heterocycles. The molecule has 1 aliphatic rings. The van der Waals surface area contributed by atoms with Crippen molar-refractivity contribution in [1.82, 2.24) is 14.6 Å². The molecule has 1 aliphatic carbocycles. The summed E-state index contributed by atoms with van der Waals surface area (Å²) in [5, 5.41) is 4.72. The van der Waals surface area contributed by atoms with Crippen molar-refractivity contribution < 1.29 is 9.53 Å². The van der Waals surface area contributed by atoms with Gasteiger partial charge in [0.15, 0.2) is 5.65 Å². The maximum absolute atomic E-state index is 12.6. The highest BCUT2D eigenvalue weighted by Crippen LogP contribution is 2.37. The summed E-state index contributed by atoms with van der Waals surface area (Å²) in [6.07, 6.45) is 5.24. The molecular weight excluding hydrogens is 430 g/mol. The van der Waals surface area contributed by atoms with Gasteiger partial charge in [-0.15, -0.1) is 0 Å². The Morgan fingerprint density at radius 1 is 1.30 bits per heavy atom.